The predicted octanol–water partition coefficient (Wildman–Crippen LogP) is 3.39. The molecule has 0 aliphatic heterocycles. The van der Waals surface area contributed by atoms with E-state index >= 15 is 0 Å². The van der Waals surface area contributed by atoms with E-state index in [9.17, 15) is 8.42 Å². The topological polar surface area (TPSA) is 49.4 Å². The van der Waals surface area contributed by atoms with Gasteiger partial charge in [0, 0.05) is 25.2 Å². The summed E-state index contributed by atoms with van der Waals surface area (Å²) in [5.74, 6) is 0. The predicted molar refractivity (Wildman–Crippen MR) is 88.6 cm³/mol. The van der Waals surface area contributed by atoms with Gasteiger partial charge in [-0.25, -0.2) is 13.1 Å². The van der Waals surface area contributed by atoms with Crippen LogP contribution in [0.15, 0.2) is 23.1 Å². The molecule has 21 heavy (non-hydrogen) atoms. The van der Waals surface area contributed by atoms with Gasteiger partial charge < -0.3 is 0 Å². The molecule has 120 valence electrons. The van der Waals surface area contributed by atoms with Crippen molar-refractivity contribution in [3.05, 3.63) is 28.2 Å². The minimum Gasteiger partial charge on any atom is -0.297 e. The lowest BCUT2D eigenvalue weighted by Gasteiger charge is -2.30. The lowest BCUT2D eigenvalue weighted by Crippen LogP contribution is -2.42. The minimum absolute atomic E-state index is 0.123. The zero-order valence-electron chi connectivity index (χ0n) is 12.7. The fourth-order valence-electron chi connectivity index (χ4n) is 2.15. The molecule has 0 unspecified atom stereocenters. The van der Waals surface area contributed by atoms with E-state index in [4.69, 9.17) is 23.2 Å². The third-order valence-electron chi connectivity index (χ3n) is 3.19. The van der Waals surface area contributed by atoms with E-state index in [0.717, 1.165) is 0 Å². The van der Waals surface area contributed by atoms with Crippen LogP contribution in [0.25, 0.3) is 0 Å². The summed E-state index contributed by atoms with van der Waals surface area (Å²) in [5.41, 5.74) is 0. The molecule has 1 N–H and O–H groups in total. The average Bonchev–Trinajstić information content (AvgIpc) is 2.36. The van der Waals surface area contributed by atoms with E-state index in [1.807, 2.05) is 0 Å². The van der Waals surface area contributed by atoms with E-state index in [1.165, 1.54) is 18.2 Å². The maximum absolute atomic E-state index is 12.2. The maximum atomic E-state index is 12.2. The Kier molecular flexibility index (Phi) is 6.94. The molecule has 1 rings (SSSR count). The summed E-state index contributed by atoms with van der Waals surface area (Å²) in [5, 5.41) is 0.562. The minimum atomic E-state index is -3.57. The lowest BCUT2D eigenvalue weighted by atomic mass is 10.2. The van der Waals surface area contributed by atoms with Gasteiger partial charge in [-0.3, -0.25) is 4.90 Å². The number of hydrogen-bond donors (Lipinski definition) is 1. The van der Waals surface area contributed by atoms with Gasteiger partial charge in [-0.05, 0) is 45.9 Å². The van der Waals surface area contributed by atoms with E-state index in [0.29, 0.717) is 30.2 Å². The Morgan fingerprint density at radius 3 is 2.14 bits per heavy atom. The highest BCUT2D eigenvalue weighted by Gasteiger charge is 2.17. The Morgan fingerprint density at radius 1 is 1.10 bits per heavy atom. The molecule has 0 aromatic heterocycles. The van der Waals surface area contributed by atoms with Crippen molar-refractivity contribution in [1.82, 2.24) is 9.62 Å². The SMILES string of the molecule is CC(C)N(CCNS(=O)(=O)c1ccc(Cl)c(Cl)c1)C(C)C. The first-order valence-electron chi connectivity index (χ1n) is 6.85. The third kappa shape index (κ3) is 5.42. The molecule has 0 radical (unpaired) electrons. The Labute approximate surface area is 137 Å². The zero-order chi connectivity index (χ0) is 16.2. The molecule has 1 aromatic rings. The van der Waals surface area contributed by atoms with Crippen LogP contribution in [0.5, 0.6) is 0 Å². The highest BCUT2D eigenvalue weighted by atomic mass is 35.5. The van der Waals surface area contributed by atoms with E-state index in [2.05, 4.69) is 37.3 Å². The number of rotatable bonds is 7. The van der Waals surface area contributed by atoms with Crippen LogP contribution in [0.2, 0.25) is 10.0 Å². The van der Waals surface area contributed by atoms with Crippen molar-refractivity contribution in [1.29, 1.82) is 0 Å². The molecule has 0 heterocycles. The molecule has 0 saturated carbocycles. The number of nitrogens with one attached hydrogen (secondary N) is 1. The molecule has 0 spiro atoms. The van der Waals surface area contributed by atoms with E-state index < -0.39 is 10.0 Å². The molecule has 0 saturated heterocycles. The third-order valence-corrected chi connectivity index (χ3v) is 5.39. The normalized spacial score (nSPS) is 12.6. The second kappa shape index (κ2) is 7.79. The average molecular weight is 353 g/mol. The molecule has 4 nitrogen and oxygen atoms in total. The largest absolute Gasteiger partial charge is 0.297 e. The smallest absolute Gasteiger partial charge is 0.240 e. The molecule has 0 aliphatic rings. The Hall–Kier alpha value is -0.330. The Morgan fingerprint density at radius 2 is 1.67 bits per heavy atom. The van der Waals surface area contributed by atoms with Crippen LogP contribution in [-0.4, -0.2) is 38.5 Å². The van der Waals surface area contributed by atoms with Gasteiger partial charge in [0.2, 0.25) is 10.0 Å². The van der Waals surface area contributed by atoms with E-state index in [1.54, 1.807) is 0 Å². The molecular weight excluding hydrogens is 331 g/mol. The summed E-state index contributed by atoms with van der Waals surface area (Å²) in [6, 6.07) is 5.00. The van der Waals surface area contributed by atoms with Gasteiger partial charge in [0.25, 0.3) is 0 Å². The van der Waals surface area contributed by atoms with Crippen LogP contribution in [0, 0.1) is 0 Å². The maximum Gasteiger partial charge on any atom is 0.240 e. The van der Waals surface area contributed by atoms with Crippen molar-refractivity contribution in [3.8, 4) is 0 Å². The monoisotopic (exact) mass is 352 g/mol. The van der Waals surface area contributed by atoms with Crippen molar-refractivity contribution < 1.29 is 8.42 Å². The molecule has 0 fully saturated rings. The highest BCUT2D eigenvalue weighted by molar-refractivity contribution is 7.89. The first-order chi connectivity index (χ1) is 9.65. The fraction of sp³-hybridized carbons (Fsp3) is 0.571. The second-order valence-electron chi connectivity index (χ2n) is 5.40. The molecule has 1 aromatic carbocycles. The summed E-state index contributed by atoms with van der Waals surface area (Å²) >= 11 is 11.6. The van der Waals surface area contributed by atoms with E-state index in [-0.39, 0.29) is 9.92 Å². The van der Waals surface area contributed by atoms with Crippen molar-refractivity contribution in [3.63, 3.8) is 0 Å². The number of hydrogen-bond acceptors (Lipinski definition) is 3. The first kappa shape index (κ1) is 18.7. The van der Waals surface area contributed by atoms with Crippen LogP contribution in [0.1, 0.15) is 27.7 Å². The fourth-order valence-corrected chi connectivity index (χ4v) is 3.56. The van der Waals surface area contributed by atoms with Crippen LogP contribution >= 0.6 is 23.2 Å². The summed E-state index contributed by atoms with van der Waals surface area (Å²) < 4.78 is 27.0. The van der Waals surface area contributed by atoms with Gasteiger partial charge in [-0.2, -0.15) is 0 Å². The summed E-state index contributed by atoms with van der Waals surface area (Å²) in [6.45, 7) is 9.36. The summed E-state index contributed by atoms with van der Waals surface area (Å²) in [4.78, 5) is 2.34. The molecular formula is C14H22Cl2N2O2S. The van der Waals surface area contributed by atoms with Gasteiger partial charge in [0.15, 0.2) is 0 Å². The lowest BCUT2D eigenvalue weighted by molar-refractivity contribution is 0.179. The van der Waals surface area contributed by atoms with Crippen molar-refractivity contribution in [2.24, 2.45) is 0 Å². The Balaban J connectivity index is 2.71. The van der Waals surface area contributed by atoms with Crippen molar-refractivity contribution in [2.45, 2.75) is 44.7 Å². The van der Waals surface area contributed by atoms with Crippen molar-refractivity contribution >= 4 is 33.2 Å². The quantitative estimate of drug-likeness (QED) is 0.817. The van der Waals surface area contributed by atoms with Crippen molar-refractivity contribution in [2.75, 3.05) is 13.1 Å². The number of nitrogens with zero attached hydrogens (tertiary/aromatic N) is 1. The molecule has 0 aliphatic carbocycles. The molecule has 7 heteroatoms. The number of benzene rings is 1. The van der Waals surface area contributed by atoms with Gasteiger partial charge in [-0.15, -0.1) is 0 Å². The number of sulfonamides is 1. The van der Waals surface area contributed by atoms with Gasteiger partial charge in [-0.1, -0.05) is 23.2 Å². The second-order valence-corrected chi connectivity index (χ2v) is 7.98. The summed E-state index contributed by atoms with van der Waals surface area (Å²) in [7, 11) is -3.57. The van der Waals surface area contributed by atoms with Crippen LogP contribution in [0.3, 0.4) is 0 Å². The molecule has 0 bridgehead atoms. The standard InChI is InChI=1S/C14H22Cl2N2O2S/c1-10(2)18(11(3)4)8-7-17-21(19,20)12-5-6-13(15)14(16)9-12/h5-6,9-11,17H,7-8H2,1-4H3. The van der Waals surface area contributed by atoms with Crippen LogP contribution in [-0.2, 0) is 10.0 Å². The number of halogens is 2. The first-order valence-corrected chi connectivity index (χ1v) is 9.09. The summed E-state index contributed by atoms with van der Waals surface area (Å²) in [6.07, 6.45) is 0. The van der Waals surface area contributed by atoms with Crippen LogP contribution in [0.4, 0.5) is 0 Å². The highest BCUT2D eigenvalue weighted by Crippen LogP contribution is 2.24. The van der Waals surface area contributed by atoms with Gasteiger partial charge in [0.1, 0.15) is 0 Å². The zero-order valence-corrected chi connectivity index (χ0v) is 15.1. The van der Waals surface area contributed by atoms with Gasteiger partial charge in [0.05, 0.1) is 14.9 Å². The molecule has 0 atom stereocenters. The van der Waals surface area contributed by atoms with Crippen LogP contribution < -0.4 is 4.72 Å². The Bertz CT molecular complexity index is 566. The molecule has 0 amide bonds. The van der Waals surface area contributed by atoms with Gasteiger partial charge >= 0.3 is 0 Å².